The molecule has 0 aromatic heterocycles. The quantitative estimate of drug-likeness (QED) is 0.748. The highest BCUT2D eigenvalue weighted by Crippen LogP contribution is 2.37. The van der Waals surface area contributed by atoms with E-state index in [2.05, 4.69) is 13.0 Å². The predicted octanol–water partition coefficient (Wildman–Crippen LogP) is 4.56. The first-order valence-electron chi connectivity index (χ1n) is 9.19. The molecule has 0 N–H and O–H groups in total. The summed E-state index contributed by atoms with van der Waals surface area (Å²) in [5.41, 5.74) is -1.32. The van der Waals surface area contributed by atoms with Crippen LogP contribution in [-0.2, 0) is 9.53 Å². The predicted molar refractivity (Wildman–Crippen MR) is 97.9 cm³/mol. The van der Waals surface area contributed by atoms with Crippen molar-refractivity contribution >= 4 is 11.9 Å². The van der Waals surface area contributed by atoms with E-state index in [-0.39, 0.29) is 17.3 Å². The number of amides is 1. The number of rotatable bonds is 3. The molecule has 5 heteroatoms. The summed E-state index contributed by atoms with van der Waals surface area (Å²) in [6.07, 6.45) is 2.98. The van der Waals surface area contributed by atoms with E-state index in [9.17, 15) is 14.9 Å². The smallest absolute Gasteiger partial charge is 0.410 e. The number of hydrogen-bond acceptors (Lipinski definition) is 4. The van der Waals surface area contributed by atoms with Crippen molar-refractivity contribution < 1.29 is 14.3 Å². The number of nitrogens with zero attached hydrogens (tertiary/aromatic N) is 2. The highest BCUT2D eigenvalue weighted by atomic mass is 16.6. The highest BCUT2D eigenvalue weighted by Gasteiger charge is 2.39. The summed E-state index contributed by atoms with van der Waals surface area (Å²) in [4.78, 5) is 26.8. The summed E-state index contributed by atoms with van der Waals surface area (Å²) in [7, 11) is 0. The molecule has 1 aliphatic heterocycles. The molecular weight excluding hydrogens is 316 g/mol. The molecule has 0 spiro atoms. The first kappa shape index (κ1) is 21.5. The van der Waals surface area contributed by atoms with Gasteiger partial charge in [-0.25, -0.2) is 4.79 Å². The Morgan fingerprint density at radius 1 is 1.20 bits per heavy atom. The Kier molecular flexibility index (Phi) is 6.67. The van der Waals surface area contributed by atoms with E-state index in [0.29, 0.717) is 19.5 Å². The second-order valence-corrected chi connectivity index (χ2v) is 9.67. The molecule has 25 heavy (non-hydrogen) atoms. The summed E-state index contributed by atoms with van der Waals surface area (Å²) in [5.74, 6) is -0.659. The Balaban J connectivity index is 2.91. The van der Waals surface area contributed by atoms with Crippen molar-refractivity contribution in [3.63, 3.8) is 0 Å². The largest absolute Gasteiger partial charge is 0.444 e. The summed E-state index contributed by atoms with van der Waals surface area (Å²) < 4.78 is 5.51. The fraction of sp³-hybridized carbons (Fsp3) is 0.850. The summed E-state index contributed by atoms with van der Waals surface area (Å²) in [6, 6.07) is 2.20. The maximum absolute atomic E-state index is 12.6. The molecule has 2 atom stereocenters. The van der Waals surface area contributed by atoms with Gasteiger partial charge >= 0.3 is 6.09 Å². The summed E-state index contributed by atoms with van der Waals surface area (Å²) >= 11 is 0. The SMILES string of the molecule is CC(C)(C)OC(=O)N1CCCC[C@@](C)(CC(C#N)C(=O)C(C)(C)C)C1. The van der Waals surface area contributed by atoms with Crippen LogP contribution in [-0.4, -0.2) is 35.5 Å². The molecule has 1 amide bonds. The normalized spacial score (nSPS) is 23.4. The Bertz CT molecular complexity index is 537. The molecule has 0 radical (unpaired) electrons. The second-order valence-electron chi connectivity index (χ2n) is 9.67. The molecule has 0 aromatic rings. The zero-order chi connectivity index (χ0) is 19.5. The van der Waals surface area contributed by atoms with E-state index in [4.69, 9.17) is 4.74 Å². The van der Waals surface area contributed by atoms with Crippen LogP contribution in [0.25, 0.3) is 0 Å². The van der Waals surface area contributed by atoms with Crippen LogP contribution in [0, 0.1) is 28.1 Å². The third-order valence-corrected chi connectivity index (χ3v) is 4.59. The lowest BCUT2D eigenvalue weighted by Gasteiger charge is -2.35. The van der Waals surface area contributed by atoms with Crippen LogP contribution in [0.4, 0.5) is 4.79 Å². The lowest BCUT2D eigenvalue weighted by Crippen LogP contribution is -2.43. The molecule has 1 saturated heterocycles. The lowest BCUT2D eigenvalue weighted by atomic mass is 9.73. The number of carbonyl (C=O) groups is 2. The average Bonchev–Trinajstić information content (AvgIpc) is 2.63. The van der Waals surface area contributed by atoms with E-state index in [0.717, 1.165) is 19.3 Å². The van der Waals surface area contributed by atoms with Gasteiger partial charge in [0.2, 0.25) is 0 Å². The van der Waals surface area contributed by atoms with E-state index < -0.39 is 16.9 Å². The van der Waals surface area contributed by atoms with Gasteiger partial charge in [-0.3, -0.25) is 4.79 Å². The van der Waals surface area contributed by atoms with Crippen molar-refractivity contribution in [3.05, 3.63) is 0 Å². The number of ether oxygens (including phenoxy) is 1. The van der Waals surface area contributed by atoms with E-state index in [1.54, 1.807) is 4.90 Å². The van der Waals surface area contributed by atoms with Crippen molar-refractivity contribution in [2.45, 2.75) is 79.8 Å². The third kappa shape index (κ3) is 6.68. The summed E-state index contributed by atoms with van der Waals surface area (Å²) in [5, 5.41) is 9.53. The number of likely N-dealkylation sites (tertiary alicyclic amines) is 1. The van der Waals surface area contributed by atoms with Crippen LogP contribution in [0.2, 0.25) is 0 Å². The number of nitriles is 1. The van der Waals surface area contributed by atoms with Gasteiger partial charge < -0.3 is 9.64 Å². The molecule has 0 aliphatic carbocycles. The van der Waals surface area contributed by atoms with Crippen LogP contribution in [0.3, 0.4) is 0 Å². The van der Waals surface area contributed by atoms with Gasteiger partial charge in [0.15, 0.2) is 5.78 Å². The maximum atomic E-state index is 12.6. The van der Waals surface area contributed by atoms with Crippen molar-refractivity contribution in [1.29, 1.82) is 5.26 Å². The molecule has 1 rings (SSSR count). The molecular formula is C20H34N2O3. The first-order valence-corrected chi connectivity index (χ1v) is 9.19. The molecule has 142 valence electrons. The molecule has 0 bridgehead atoms. The minimum absolute atomic E-state index is 0.0238. The fourth-order valence-electron chi connectivity index (χ4n) is 3.33. The number of Topliss-reactive ketones (excluding diaryl/α,β-unsaturated/α-hetero) is 1. The van der Waals surface area contributed by atoms with E-state index in [1.807, 2.05) is 41.5 Å². The number of hydrogen-bond donors (Lipinski definition) is 0. The molecule has 0 aromatic carbocycles. The van der Waals surface area contributed by atoms with Crippen LogP contribution >= 0.6 is 0 Å². The first-order chi connectivity index (χ1) is 11.3. The summed E-state index contributed by atoms with van der Waals surface area (Å²) in [6.45, 7) is 14.4. The van der Waals surface area contributed by atoms with E-state index >= 15 is 0 Å². The van der Waals surface area contributed by atoms with Crippen molar-refractivity contribution in [3.8, 4) is 6.07 Å². The zero-order valence-electron chi connectivity index (χ0n) is 16.9. The highest BCUT2D eigenvalue weighted by molar-refractivity contribution is 5.88. The Morgan fingerprint density at radius 3 is 2.28 bits per heavy atom. The minimum Gasteiger partial charge on any atom is -0.444 e. The van der Waals surface area contributed by atoms with Gasteiger partial charge in [-0.1, -0.05) is 34.1 Å². The van der Waals surface area contributed by atoms with Gasteiger partial charge in [0.05, 0.1) is 6.07 Å². The van der Waals surface area contributed by atoms with Gasteiger partial charge in [-0.05, 0) is 45.4 Å². The topological polar surface area (TPSA) is 70.4 Å². The van der Waals surface area contributed by atoms with Crippen LogP contribution in [0.1, 0.15) is 74.1 Å². The molecule has 0 saturated carbocycles. The Hall–Kier alpha value is -1.57. The second kappa shape index (κ2) is 7.76. The average molecular weight is 351 g/mol. The molecule has 1 fully saturated rings. The van der Waals surface area contributed by atoms with Gasteiger partial charge in [0, 0.05) is 18.5 Å². The minimum atomic E-state index is -0.636. The van der Waals surface area contributed by atoms with E-state index in [1.165, 1.54) is 0 Å². The molecule has 1 heterocycles. The standard InChI is InChI=1S/C20H34N2O3/c1-18(2,3)16(23)15(13-21)12-20(7)10-8-9-11-22(14-20)17(24)25-19(4,5)6/h15H,8-12,14H2,1-7H3/t15?,20-/m0/s1. The van der Waals surface area contributed by atoms with Crippen LogP contribution in [0.5, 0.6) is 0 Å². The van der Waals surface area contributed by atoms with Gasteiger partial charge in [-0.15, -0.1) is 0 Å². The monoisotopic (exact) mass is 350 g/mol. The molecule has 5 nitrogen and oxygen atoms in total. The van der Waals surface area contributed by atoms with Crippen molar-refractivity contribution in [2.24, 2.45) is 16.7 Å². The molecule has 1 unspecified atom stereocenters. The van der Waals surface area contributed by atoms with Crippen molar-refractivity contribution in [2.75, 3.05) is 13.1 Å². The lowest BCUT2D eigenvalue weighted by molar-refractivity contribution is -0.129. The Morgan fingerprint density at radius 2 is 1.80 bits per heavy atom. The van der Waals surface area contributed by atoms with Crippen LogP contribution in [0.15, 0.2) is 0 Å². The fourth-order valence-corrected chi connectivity index (χ4v) is 3.33. The zero-order valence-corrected chi connectivity index (χ0v) is 16.9. The third-order valence-electron chi connectivity index (χ3n) is 4.59. The van der Waals surface area contributed by atoms with Crippen LogP contribution < -0.4 is 0 Å². The van der Waals surface area contributed by atoms with Gasteiger partial charge in [0.25, 0.3) is 0 Å². The maximum Gasteiger partial charge on any atom is 0.410 e. The Labute approximate surface area is 152 Å². The molecule has 1 aliphatic rings. The van der Waals surface area contributed by atoms with Gasteiger partial charge in [-0.2, -0.15) is 5.26 Å². The van der Waals surface area contributed by atoms with Gasteiger partial charge in [0.1, 0.15) is 11.5 Å². The number of ketones is 1. The number of carbonyl (C=O) groups excluding carboxylic acids is 2. The van der Waals surface area contributed by atoms with Crippen molar-refractivity contribution in [1.82, 2.24) is 4.90 Å².